The van der Waals surface area contributed by atoms with Crippen LogP contribution in [-0.2, 0) is 65.4 Å². The number of unbranched alkanes of at least 4 members (excludes halogenated alkanes) is 46. The Morgan fingerprint density at radius 2 is 0.479 bits per heavy atom. The van der Waals surface area contributed by atoms with Crippen molar-refractivity contribution >= 4 is 39.5 Å². The summed E-state index contributed by atoms with van der Waals surface area (Å²) in [6.07, 6.45) is 56.9. The molecule has 0 fully saturated rings. The standard InChI is InChI=1S/C77H150O17P2/c1-7-9-11-13-15-17-18-25-31-37-43-49-55-61-76(81)93-72(65-87-74(79)59-53-47-41-16-14-12-10-8-2)67-91-95(83,84)89-63-71(78)64-90-96(85,86)92-68-73(66-88-75(80)60-54-48-42-36-33-28-30-35-40-46-52-58-70(5)6)94-77(82)62-56-50-44-38-32-27-24-22-20-19-21-23-26-29-34-39-45-51-57-69(3)4/h69-73,78H,7-68H2,1-6H3,(H,83,84)(H,85,86)/t71-,72+,73+/m0/s1. The van der Waals surface area contributed by atoms with Crippen molar-refractivity contribution in [1.82, 2.24) is 0 Å². The Balaban J connectivity index is 5.18. The van der Waals surface area contributed by atoms with E-state index in [4.69, 9.17) is 37.0 Å². The van der Waals surface area contributed by atoms with E-state index in [1.165, 1.54) is 212 Å². The fraction of sp³-hybridized carbons (Fsp3) is 0.948. The number of carbonyl (C=O) groups is 4. The van der Waals surface area contributed by atoms with Gasteiger partial charge in [0.2, 0.25) is 0 Å². The maximum absolute atomic E-state index is 13.1. The van der Waals surface area contributed by atoms with Crippen LogP contribution in [0.25, 0.3) is 0 Å². The van der Waals surface area contributed by atoms with Gasteiger partial charge in [-0.3, -0.25) is 37.3 Å². The highest BCUT2D eigenvalue weighted by Gasteiger charge is 2.30. The Bertz CT molecular complexity index is 1860. The van der Waals surface area contributed by atoms with Crippen molar-refractivity contribution in [2.75, 3.05) is 39.6 Å². The summed E-state index contributed by atoms with van der Waals surface area (Å²) in [5.74, 6) is -0.524. The molecule has 0 aromatic carbocycles. The third kappa shape index (κ3) is 70.5. The molecule has 0 aliphatic heterocycles. The zero-order valence-corrected chi connectivity index (χ0v) is 64.5. The van der Waals surface area contributed by atoms with Crippen LogP contribution in [0.1, 0.15) is 401 Å². The average Bonchev–Trinajstić information content (AvgIpc) is 1.47. The van der Waals surface area contributed by atoms with Gasteiger partial charge in [-0.2, -0.15) is 0 Å². The maximum atomic E-state index is 13.1. The molecule has 0 aromatic heterocycles. The van der Waals surface area contributed by atoms with E-state index in [9.17, 15) is 43.2 Å². The summed E-state index contributed by atoms with van der Waals surface area (Å²) in [4.78, 5) is 72.7. The van der Waals surface area contributed by atoms with Crippen LogP contribution < -0.4 is 0 Å². The number of hydrogen-bond donors (Lipinski definition) is 3. The van der Waals surface area contributed by atoms with Gasteiger partial charge >= 0.3 is 39.5 Å². The topological polar surface area (TPSA) is 237 Å². The number of esters is 4. The first kappa shape index (κ1) is 94.1. The second-order valence-corrected chi connectivity index (χ2v) is 31.6. The molecule has 17 nitrogen and oxygen atoms in total. The molecule has 0 aliphatic rings. The summed E-state index contributed by atoms with van der Waals surface area (Å²) in [6.45, 7) is 9.62. The van der Waals surface area contributed by atoms with E-state index in [0.29, 0.717) is 25.7 Å². The third-order valence-electron chi connectivity index (χ3n) is 18.0. The van der Waals surface area contributed by atoms with Crippen LogP contribution >= 0.6 is 15.6 Å². The molecule has 0 rings (SSSR count). The Hall–Kier alpha value is -1.94. The number of aliphatic hydroxyl groups excluding tert-OH is 1. The number of aliphatic hydroxyl groups is 1. The van der Waals surface area contributed by atoms with E-state index in [1.54, 1.807) is 0 Å². The molecule has 0 aliphatic carbocycles. The Morgan fingerprint density at radius 3 is 0.708 bits per heavy atom. The predicted octanol–water partition coefficient (Wildman–Crippen LogP) is 22.7. The van der Waals surface area contributed by atoms with Crippen LogP contribution in [-0.4, -0.2) is 96.7 Å². The highest BCUT2D eigenvalue weighted by molar-refractivity contribution is 7.47. The number of hydrogen-bond acceptors (Lipinski definition) is 15. The molecule has 570 valence electrons. The molecule has 19 heteroatoms. The summed E-state index contributed by atoms with van der Waals surface area (Å²) in [5, 5.41) is 10.6. The lowest BCUT2D eigenvalue weighted by Crippen LogP contribution is -2.30. The van der Waals surface area contributed by atoms with Crippen molar-refractivity contribution in [3.63, 3.8) is 0 Å². The van der Waals surface area contributed by atoms with Crippen LogP contribution in [0.5, 0.6) is 0 Å². The molecule has 0 saturated carbocycles. The molecule has 3 N–H and O–H groups in total. The van der Waals surface area contributed by atoms with Gasteiger partial charge in [0.25, 0.3) is 0 Å². The monoisotopic (exact) mass is 1410 g/mol. The molecule has 5 atom stereocenters. The first-order valence-corrected chi connectivity index (χ1v) is 43.0. The van der Waals surface area contributed by atoms with Crippen molar-refractivity contribution < 1.29 is 80.2 Å². The second kappa shape index (κ2) is 68.8. The number of ether oxygens (including phenoxy) is 4. The molecule has 0 heterocycles. The lowest BCUT2D eigenvalue weighted by Gasteiger charge is -2.21. The van der Waals surface area contributed by atoms with E-state index in [0.717, 1.165) is 108 Å². The zero-order chi connectivity index (χ0) is 70.7. The molecule has 0 amide bonds. The van der Waals surface area contributed by atoms with Crippen LogP contribution in [0.2, 0.25) is 0 Å². The van der Waals surface area contributed by atoms with Gasteiger partial charge in [0.1, 0.15) is 19.3 Å². The van der Waals surface area contributed by atoms with E-state index < -0.39 is 97.5 Å². The quantitative estimate of drug-likeness (QED) is 0.0222. The molecule has 0 aromatic rings. The second-order valence-electron chi connectivity index (χ2n) is 28.7. The first-order chi connectivity index (χ1) is 46.4. The predicted molar refractivity (Wildman–Crippen MR) is 391 cm³/mol. The van der Waals surface area contributed by atoms with E-state index in [-0.39, 0.29) is 25.7 Å². The van der Waals surface area contributed by atoms with Gasteiger partial charge in [-0.1, -0.05) is 350 Å². The molecule has 96 heavy (non-hydrogen) atoms. The van der Waals surface area contributed by atoms with Gasteiger partial charge in [0.15, 0.2) is 12.2 Å². The van der Waals surface area contributed by atoms with Crippen LogP contribution in [0.15, 0.2) is 0 Å². The van der Waals surface area contributed by atoms with Gasteiger partial charge < -0.3 is 33.8 Å². The molecule has 0 saturated heterocycles. The normalized spacial score (nSPS) is 14.0. The largest absolute Gasteiger partial charge is 0.472 e. The van der Waals surface area contributed by atoms with E-state index >= 15 is 0 Å². The Kier molecular flexibility index (Phi) is 67.4. The summed E-state index contributed by atoms with van der Waals surface area (Å²) < 4.78 is 68.5. The van der Waals surface area contributed by atoms with Crippen LogP contribution in [0.4, 0.5) is 0 Å². The minimum absolute atomic E-state index is 0.108. The van der Waals surface area contributed by atoms with E-state index in [2.05, 4.69) is 41.5 Å². The fourth-order valence-electron chi connectivity index (χ4n) is 11.8. The number of phosphoric acid groups is 2. The summed E-state index contributed by atoms with van der Waals surface area (Å²) in [6, 6.07) is 0. The van der Waals surface area contributed by atoms with Gasteiger partial charge in [0, 0.05) is 25.7 Å². The first-order valence-electron chi connectivity index (χ1n) is 40.0. The van der Waals surface area contributed by atoms with Crippen LogP contribution in [0.3, 0.4) is 0 Å². The highest BCUT2D eigenvalue weighted by Crippen LogP contribution is 2.45. The summed E-state index contributed by atoms with van der Waals surface area (Å²) in [7, 11) is -9.91. The van der Waals surface area contributed by atoms with Gasteiger partial charge in [0.05, 0.1) is 26.4 Å². The maximum Gasteiger partial charge on any atom is 0.472 e. The lowest BCUT2D eigenvalue weighted by atomic mass is 10.0. The highest BCUT2D eigenvalue weighted by atomic mass is 31.2. The minimum atomic E-state index is -4.96. The SMILES string of the molecule is CCCCCCCCCCCCCCCC(=O)O[C@H](COC(=O)CCCCCCCCCC)COP(=O)(O)OC[C@H](O)COP(=O)(O)OC[C@@H](COC(=O)CCCCCCCCCCCCCC(C)C)OC(=O)CCCCCCCCCCCCCCCCCCCCC(C)C. The molecule has 0 radical (unpaired) electrons. The van der Waals surface area contributed by atoms with E-state index in [1.807, 2.05) is 0 Å². The summed E-state index contributed by atoms with van der Waals surface area (Å²) >= 11 is 0. The van der Waals surface area contributed by atoms with Gasteiger partial charge in [-0.15, -0.1) is 0 Å². The fourth-order valence-corrected chi connectivity index (χ4v) is 13.4. The number of phosphoric ester groups is 2. The molecular weight excluding hydrogens is 1260 g/mol. The zero-order valence-electron chi connectivity index (χ0n) is 62.7. The van der Waals surface area contributed by atoms with Gasteiger partial charge in [-0.25, -0.2) is 9.13 Å². The van der Waals surface area contributed by atoms with Crippen molar-refractivity contribution in [1.29, 1.82) is 0 Å². The average molecular weight is 1410 g/mol. The lowest BCUT2D eigenvalue weighted by molar-refractivity contribution is -0.161. The van der Waals surface area contributed by atoms with Crippen molar-refractivity contribution in [3.05, 3.63) is 0 Å². The molecule has 2 unspecified atom stereocenters. The number of carbonyl (C=O) groups excluding carboxylic acids is 4. The van der Waals surface area contributed by atoms with Gasteiger partial charge in [-0.05, 0) is 37.5 Å². The Labute approximate surface area is 588 Å². The smallest absolute Gasteiger partial charge is 0.462 e. The third-order valence-corrected chi connectivity index (χ3v) is 19.9. The molecular formula is C77H150O17P2. The van der Waals surface area contributed by atoms with Crippen molar-refractivity contribution in [3.8, 4) is 0 Å². The van der Waals surface area contributed by atoms with Crippen LogP contribution in [0, 0.1) is 11.8 Å². The number of rotatable bonds is 76. The Morgan fingerprint density at radius 1 is 0.281 bits per heavy atom. The van der Waals surface area contributed by atoms with Crippen molar-refractivity contribution in [2.24, 2.45) is 11.8 Å². The molecule has 0 spiro atoms. The molecule has 0 bridgehead atoms. The summed E-state index contributed by atoms with van der Waals surface area (Å²) in [5.41, 5.74) is 0. The van der Waals surface area contributed by atoms with Crippen molar-refractivity contribution in [2.45, 2.75) is 419 Å². The minimum Gasteiger partial charge on any atom is -0.462 e.